The van der Waals surface area contributed by atoms with Crippen LogP contribution >= 0.6 is 15.9 Å². The standard InChI is InChI=1S/C23H18BrNO5/c1-29-22(27)17-10-11-18(20(24)13-17)14-30-23(28)16-8-5-9-19(12-16)25-21(26)15-6-3-2-4-7-15/h2-13H,14H2,1H3,(H,25,26). The highest BCUT2D eigenvalue weighted by Crippen LogP contribution is 2.21. The van der Waals surface area contributed by atoms with E-state index in [9.17, 15) is 14.4 Å². The zero-order valence-corrected chi connectivity index (χ0v) is 17.6. The molecule has 1 amide bonds. The third kappa shape index (κ3) is 5.33. The molecule has 0 heterocycles. The maximum absolute atomic E-state index is 12.4. The molecule has 3 aromatic rings. The molecule has 1 N–H and O–H groups in total. The number of halogens is 1. The van der Waals surface area contributed by atoms with E-state index in [1.165, 1.54) is 7.11 Å². The summed E-state index contributed by atoms with van der Waals surface area (Å²) in [6.45, 7) is 0.0153. The third-order valence-electron chi connectivity index (χ3n) is 4.23. The van der Waals surface area contributed by atoms with E-state index in [0.29, 0.717) is 32.4 Å². The van der Waals surface area contributed by atoms with Gasteiger partial charge in [0.2, 0.25) is 0 Å². The first kappa shape index (κ1) is 21.3. The highest BCUT2D eigenvalue weighted by Gasteiger charge is 2.13. The van der Waals surface area contributed by atoms with E-state index in [4.69, 9.17) is 4.74 Å². The predicted molar refractivity (Wildman–Crippen MR) is 115 cm³/mol. The van der Waals surface area contributed by atoms with Gasteiger partial charge in [-0.25, -0.2) is 9.59 Å². The number of rotatable bonds is 6. The van der Waals surface area contributed by atoms with E-state index in [2.05, 4.69) is 26.0 Å². The summed E-state index contributed by atoms with van der Waals surface area (Å²) in [6.07, 6.45) is 0. The van der Waals surface area contributed by atoms with Gasteiger partial charge in [-0.05, 0) is 42.5 Å². The molecule has 0 aliphatic carbocycles. The van der Waals surface area contributed by atoms with Crippen molar-refractivity contribution >= 4 is 39.5 Å². The van der Waals surface area contributed by atoms with Gasteiger partial charge >= 0.3 is 11.9 Å². The minimum Gasteiger partial charge on any atom is -0.465 e. The van der Waals surface area contributed by atoms with Crippen LogP contribution in [0.2, 0.25) is 0 Å². The molecule has 0 atom stereocenters. The van der Waals surface area contributed by atoms with Crippen molar-refractivity contribution in [1.82, 2.24) is 0 Å². The molecule has 0 radical (unpaired) electrons. The van der Waals surface area contributed by atoms with Crippen LogP contribution in [-0.4, -0.2) is 25.0 Å². The van der Waals surface area contributed by atoms with Crippen LogP contribution in [0.4, 0.5) is 5.69 Å². The van der Waals surface area contributed by atoms with Gasteiger partial charge in [0.25, 0.3) is 5.91 Å². The summed E-state index contributed by atoms with van der Waals surface area (Å²) >= 11 is 3.37. The van der Waals surface area contributed by atoms with Crippen LogP contribution in [0.1, 0.15) is 36.6 Å². The van der Waals surface area contributed by atoms with Crippen molar-refractivity contribution in [3.8, 4) is 0 Å². The molecule has 0 saturated heterocycles. The lowest BCUT2D eigenvalue weighted by Gasteiger charge is -2.10. The number of nitrogens with one attached hydrogen (secondary N) is 1. The summed E-state index contributed by atoms with van der Waals surface area (Å²) in [5.74, 6) is -1.25. The van der Waals surface area contributed by atoms with Gasteiger partial charge in [0, 0.05) is 21.3 Å². The van der Waals surface area contributed by atoms with Crippen molar-refractivity contribution < 1.29 is 23.9 Å². The summed E-state index contributed by atoms with van der Waals surface area (Å²) in [5.41, 5.74) is 2.40. The maximum Gasteiger partial charge on any atom is 0.338 e. The van der Waals surface area contributed by atoms with Crippen LogP contribution in [0.25, 0.3) is 0 Å². The summed E-state index contributed by atoms with van der Waals surface area (Å²) < 4.78 is 10.7. The molecule has 0 aliphatic heterocycles. The Hall–Kier alpha value is -3.45. The molecule has 0 bridgehead atoms. The van der Waals surface area contributed by atoms with Gasteiger partial charge in [-0.2, -0.15) is 0 Å². The topological polar surface area (TPSA) is 81.7 Å². The number of esters is 2. The van der Waals surface area contributed by atoms with Crippen molar-refractivity contribution in [2.24, 2.45) is 0 Å². The van der Waals surface area contributed by atoms with Crippen LogP contribution in [0.5, 0.6) is 0 Å². The van der Waals surface area contributed by atoms with Gasteiger partial charge in [-0.15, -0.1) is 0 Å². The highest BCUT2D eigenvalue weighted by molar-refractivity contribution is 9.10. The van der Waals surface area contributed by atoms with Gasteiger partial charge in [-0.3, -0.25) is 4.79 Å². The Balaban J connectivity index is 1.64. The largest absolute Gasteiger partial charge is 0.465 e. The van der Waals surface area contributed by atoms with E-state index in [1.807, 2.05) is 6.07 Å². The fourth-order valence-corrected chi connectivity index (χ4v) is 3.15. The maximum atomic E-state index is 12.4. The fourth-order valence-electron chi connectivity index (χ4n) is 2.65. The number of carbonyl (C=O) groups is 3. The first-order valence-electron chi connectivity index (χ1n) is 8.98. The lowest BCUT2D eigenvalue weighted by Crippen LogP contribution is -2.12. The lowest BCUT2D eigenvalue weighted by molar-refractivity contribution is 0.0470. The molecule has 0 saturated carbocycles. The average Bonchev–Trinajstić information content (AvgIpc) is 2.78. The first-order chi connectivity index (χ1) is 14.5. The summed E-state index contributed by atoms with van der Waals surface area (Å²) in [7, 11) is 1.31. The van der Waals surface area contributed by atoms with Crippen molar-refractivity contribution in [2.45, 2.75) is 6.61 Å². The molecule has 7 heteroatoms. The Labute approximate surface area is 181 Å². The minimum absolute atomic E-state index is 0.0153. The number of methoxy groups -OCH3 is 1. The second-order valence-corrected chi connectivity index (χ2v) is 7.13. The number of ether oxygens (including phenoxy) is 2. The fraction of sp³-hybridized carbons (Fsp3) is 0.0870. The Kier molecular flexibility index (Phi) is 6.98. The van der Waals surface area contributed by atoms with Crippen molar-refractivity contribution in [2.75, 3.05) is 12.4 Å². The molecule has 152 valence electrons. The van der Waals surface area contributed by atoms with Gasteiger partial charge in [0.05, 0.1) is 18.2 Å². The summed E-state index contributed by atoms with van der Waals surface area (Å²) in [5, 5.41) is 2.76. The molecule has 0 spiro atoms. The molecule has 30 heavy (non-hydrogen) atoms. The number of hydrogen-bond acceptors (Lipinski definition) is 5. The zero-order chi connectivity index (χ0) is 21.5. The summed E-state index contributed by atoms with van der Waals surface area (Å²) in [6, 6.07) is 20.2. The van der Waals surface area contributed by atoms with Gasteiger partial charge in [0.15, 0.2) is 0 Å². The lowest BCUT2D eigenvalue weighted by atomic mass is 10.1. The van der Waals surface area contributed by atoms with Crippen LogP contribution in [0.15, 0.2) is 77.3 Å². The van der Waals surface area contributed by atoms with Gasteiger partial charge in [0.1, 0.15) is 6.61 Å². The monoisotopic (exact) mass is 467 g/mol. The minimum atomic E-state index is -0.533. The number of anilines is 1. The van der Waals surface area contributed by atoms with Crippen LogP contribution in [0, 0.1) is 0 Å². The number of hydrogen-bond donors (Lipinski definition) is 1. The normalized spacial score (nSPS) is 10.2. The molecule has 6 nitrogen and oxygen atoms in total. The molecule has 3 rings (SSSR count). The van der Waals surface area contributed by atoms with E-state index in [0.717, 1.165) is 0 Å². The van der Waals surface area contributed by atoms with Crippen molar-refractivity contribution in [3.63, 3.8) is 0 Å². The number of amides is 1. The molecule has 3 aromatic carbocycles. The highest BCUT2D eigenvalue weighted by atomic mass is 79.9. The molecule has 0 unspecified atom stereocenters. The second-order valence-electron chi connectivity index (χ2n) is 6.27. The third-order valence-corrected chi connectivity index (χ3v) is 4.96. The Morgan fingerprint density at radius 3 is 2.23 bits per heavy atom. The average molecular weight is 468 g/mol. The molecule has 0 fully saturated rings. The quantitative estimate of drug-likeness (QED) is 0.524. The zero-order valence-electron chi connectivity index (χ0n) is 16.1. The number of benzene rings is 3. The van der Waals surface area contributed by atoms with E-state index >= 15 is 0 Å². The summed E-state index contributed by atoms with van der Waals surface area (Å²) in [4.78, 5) is 36.3. The Morgan fingerprint density at radius 1 is 0.833 bits per heavy atom. The molecule has 0 aliphatic rings. The second kappa shape index (κ2) is 9.84. The van der Waals surface area contributed by atoms with Gasteiger partial charge < -0.3 is 14.8 Å². The molecule has 0 aromatic heterocycles. The molecular formula is C23H18BrNO5. The van der Waals surface area contributed by atoms with Crippen LogP contribution < -0.4 is 5.32 Å². The van der Waals surface area contributed by atoms with Crippen LogP contribution in [0.3, 0.4) is 0 Å². The Bertz CT molecular complexity index is 1080. The van der Waals surface area contributed by atoms with Gasteiger partial charge in [-0.1, -0.05) is 46.3 Å². The SMILES string of the molecule is COC(=O)c1ccc(COC(=O)c2cccc(NC(=O)c3ccccc3)c2)c(Br)c1. The molecular weight excluding hydrogens is 450 g/mol. The van der Waals surface area contributed by atoms with E-state index in [1.54, 1.807) is 66.7 Å². The number of carbonyl (C=O) groups excluding carboxylic acids is 3. The van der Waals surface area contributed by atoms with Crippen LogP contribution in [-0.2, 0) is 16.1 Å². The van der Waals surface area contributed by atoms with E-state index in [-0.39, 0.29) is 12.5 Å². The Morgan fingerprint density at radius 2 is 1.53 bits per heavy atom. The smallest absolute Gasteiger partial charge is 0.338 e. The predicted octanol–water partition coefficient (Wildman–Crippen LogP) is 4.85. The van der Waals surface area contributed by atoms with E-state index < -0.39 is 11.9 Å². The van der Waals surface area contributed by atoms with Crippen molar-refractivity contribution in [3.05, 3.63) is 99.5 Å². The first-order valence-corrected chi connectivity index (χ1v) is 9.77. The van der Waals surface area contributed by atoms with Crippen molar-refractivity contribution in [1.29, 1.82) is 0 Å².